The van der Waals surface area contributed by atoms with E-state index in [1.54, 1.807) is 0 Å². The predicted octanol–water partition coefficient (Wildman–Crippen LogP) is 3.40. The van der Waals surface area contributed by atoms with E-state index >= 15 is 0 Å². The molecular formula is C14H20BrNO. The lowest BCUT2D eigenvalue weighted by Gasteiger charge is -2.31. The van der Waals surface area contributed by atoms with Crippen LogP contribution in [0.5, 0.6) is 0 Å². The van der Waals surface area contributed by atoms with Gasteiger partial charge in [-0.3, -0.25) is 0 Å². The van der Waals surface area contributed by atoms with Crippen LogP contribution in [0.15, 0.2) is 28.7 Å². The summed E-state index contributed by atoms with van der Waals surface area (Å²) in [7, 11) is 0. The van der Waals surface area contributed by atoms with Crippen LogP contribution in [-0.2, 0) is 0 Å². The zero-order chi connectivity index (χ0) is 12.3. The van der Waals surface area contributed by atoms with Crippen LogP contribution in [0, 0.1) is 0 Å². The highest BCUT2D eigenvalue weighted by Crippen LogP contribution is 2.26. The molecule has 2 unspecified atom stereocenters. The molecule has 0 heterocycles. The second-order valence-corrected chi connectivity index (χ2v) is 5.72. The van der Waals surface area contributed by atoms with Gasteiger partial charge in [-0.15, -0.1) is 0 Å². The number of nitrogens with one attached hydrogen (secondary N) is 1. The van der Waals surface area contributed by atoms with E-state index in [0.29, 0.717) is 0 Å². The average Bonchev–Trinajstić information content (AvgIpc) is 2.32. The fraction of sp³-hybridized carbons (Fsp3) is 0.571. The second kappa shape index (κ2) is 5.98. The first-order valence-electron chi connectivity index (χ1n) is 6.37. The molecule has 1 aliphatic carbocycles. The summed E-state index contributed by atoms with van der Waals surface area (Å²) < 4.78 is 1.13. The maximum absolute atomic E-state index is 9.96. The molecule has 1 aliphatic rings. The van der Waals surface area contributed by atoms with Crippen LogP contribution in [-0.4, -0.2) is 17.3 Å². The van der Waals surface area contributed by atoms with Crippen molar-refractivity contribution in [3.05, 3.63) is 34.3 Å². The summed E-state index contributed by atoms with van der Waals surface area (Å²) in [6.07, 6.45) is 4.20. The lowest BCUT2D eigenvalue weighted by molar-refractivity contribution is 0.0859. The fourth-order valence-corrected chi connectivity index (χ4v) is 3.17. The van der Waals surface area contributed by atoms with Gasteiger partial charge in [0.05, 0.1) is 6.10 Å². The quantitative estimate of drug-likeness (QED) is 0.896. The van der Waals surface area contributed by atoms with Crippen molar-refractivity contribution in [2.45, 2.75) is 50.8 Å². The normalized spacial score (nSPS) is 26.8. The molecule has 1 aromatic rings. The highest BCUT2D eigenvalue weighted by Gasteiger charge is 2.24. The fourth-order valence-electron chi connectivity index (χ4n) is 2.54. The summed E-state index contributed by atoms with van der Waals surface area (Å²) in [5.41, 5.74) is 1.25. The van der Waals surface area contributed by atoms with Gasteiger partial charge in [0.1, 0.15) is 0 Å². The predicted molar refractivity (Wildman–Crippen MR) is 74.0 cm³/mol. The third-order valence-corrected chi connectivity index (χ3v) is 4.29. The van der Waals surface area contributed by atoms with Crippen LogP contribution < -0.4 is 5.32 Å². The highest BCUT2D eigenvalue weighted by atomic mass is 79.9. The number of rotatable bonds is 3. The molecule has 0 radical (unpaired) electrons. The van der Waals surface area contributed by atoms with E-state index in [1.165, 1.54) is 12.0 Å². The van der Waals surface area contributed by atoms with Gasteiger partial charge in [0, 0.05) is 16.6 Å². The Kier molecular flexibility index (Phi) is 4.60. The van der Waals surface area contributed by atoms with Crippen molar-refractivity contribution < 1.29 is 5.11 Å². The van der Waals surface area contributed by atoms with Crippen LogP contribution in [0.1, 0.15) is 44.2 Å². The molecule has 0 saturated heterocycles. The first-order chi connectivity index (χ1) is 8.18. The van der Waals surface area contributed by atoms with E-state index < -0.39 is 0 Å². The van der Waals surface area contributed by atoms with E-state index in [0.717, 1.165) is 23.7 Å². The molecule has 0 amide bonds. The molecule has 94 valence electrons. The first kappa shape index (κ1) is 13.1. The molecule has 2 nitrogen and oxygen atoms in total. The Balaban J connectivity index is 2.01. The van der Waals surface area contributed by atoms with Gasteiger partial charge in [-0.1, -0.05) is 47.0 Å². The van der Waals surface area contributed by atoms with Gasteiger partial charge in [0.2, 0.25) is 0 Å². The van der Waals surface area contributed by atoms with Gasteiger partial charge in [-0.25, -0.2) is 0 Å². The smallest absolute Gasteiger partial charge is 0.0693 e. The minimum absolute atomic E-state index is 0.186. The van der Waals surface area contributed by atoms with Crippen molar-refractivity contribution >= 4 is 15.9 Å². The second-order valence-electron chi connectivity index (χ2n) is 4.87. The number of halogens is 1. The Morgan fingerprint density at radius 3 is 2.71 bits per heavy atom. The molecule has 1 fully saturated rings. The zero-order valence-corrected chi connectivity index (χ0v) is 11.8. The molecule has 2 rings (SSSR count). The summed E-state index contributed by atoms with van der Waals surface area (Å²) in [4.78, 5) is 0. The van der Waals surface area contributed by atoms with Crippen LogP contribution in [0.3, 0.4) is 0 Å². The SMILES string of the molecule is C[C@H](NC1CCCCC1O)c1ccccc1Br. The molecule has 1 saturated carbocycles. The maximum Gasteiger partial charge on any atom is 0.0693 e. The highest BCUT2D eigenvalue weighted by molar-refractivity contribution is 9.10. The van der Waals surface area contributed by atoms with Crippen LogP contribution >= 0.6 is 15.9 Å². The summed E-state index contributed by atoms with van der Waals surface area (Å²) in [5, 5.41) is 13.5. The van der Waals surface area contributed by atoms with Crippen LogP contribution in [0.25, 0.3) is 0 Å². The zero-order valence-electron chi connectivity index (χ0n) is 10.2. The number of hydrogen-bond donors (Lipinski definition) is 2. The topological polar surface area (TPSA) is 32.3 Å². The molecule has 2 N–H and O–H groups in total. The lowest BCUT2D eigenvalue weighted by Crippen LogP contribution is -2.43. The lowest BCUT2D eigenvalue weighted by atomic mass is 9.91. The molecule has 3 heteroatoms. The molecule has 17 heavy (non-hydrogen) atoms. The van der Waals surface area contributed by atoms with Gasteiger partial charge < -0.3 is 10.4 Å². The van der Waals surface area contributed by atoms with E-state index in [9.17, 15) is 5.11 Å². The van der Waals surface area contributed by atoms with Gasteiger partial charge in [-0.2, -0.15) is 0 Å². The standard InChI is InChI=1S/C14H20BrNO/c1-10(11-6-2-3-7-12(11)15)16-13-8-4-5-9-14(13)17/h2-3,6-7,10,13-14,16-17H,4-5,8-9H2,1H3/t10-,13?,14?/m0/s1. The summed E-state index contributed by atoms with van der Waals surface area (Å²) in [5.74, 6) is 0. The van der Waals surface area contributed by atoms with Crippen LogP contribution in [0.4, 0.5) is 0 Å². The summed E-state index contributed by atoms with van der Waals surface area (Å²) in [6, 6.07) is 8.77. The monoisotopic (exact) mass is 297 g/mol. The van der Waals surface area contributed by atoms with Crippen molar-refractivity contribution in [3.63, 3.8) is 0 Å². The molecule has 3 atom stereocenters. The molecule has 0 spiro atoms. The van der Waals surface area contributed by atoms with E-state index in [1.807, 2.05) is 6.07 Å². The first-order valence-corrected chi connectivity index (χ1v) is 7.16. The molecule has 0 aliphatic heterocycles. The molecule has 1 aromatic carbocycles. The minimum Gasteiger partial charge on any atom is -0.392 e. The Labute approximate surface area is 112 Å². The van der Waals surface area contributed by atoms with Crippen molar-refractivity contribution in [2.24, 2.45) is 0 Å². The van der Waals surface area contributed by atoms with E-state index in [-0.39, 0.29) is 18.2 Å². The van der Waals surface area contributed by atoms with E-state index in [4.69, 9.17) is 0 Å². The number of aliphatic hydroxyl groups excluding tert-OH is 1. The Morgan fingerprint density at radius 2 is 2.00 bits per heavy atom. The third kappa shape index (κ3) is 3.30. The number of benzene rings is 1. The van der Waals surface area contributed by atoms with Gasteiger partial charge in [0.15, 0.2) is 0 Å². The minimum atomic E-state index is -0.186. The van der Waals surface area contributed by atoms with Gasteiger partial charge in [0.25, 0.3) is 0 Å². The molecule has 0 bridgehead atoms. The van der Waals surface area contributed by atoms with Gasteiger partial charge in [-0.05, 0) is 31.4 Å². The van der Waals surface area contributed by atoms with Crippen molar-refractivity contribution in [3.8, 4) is 0 Å². The average molecular weight is 298 g/mol. The Morgan fingerprint density at radius 1 is 1.29 bits per heavy atom. The van der Waals surface area contributed by atoms with Crippen molar-refractivity contribution in [1.29, 1.82) is 0 Å². The number of aliphatic hydroxyl groups is 1. The van der Waals surface area contributed by atoms with Crippen LogP contribution in [0.2, 0.25) is 0 Å². The third-order valence-electron chi connectivity index (χ3n) is 3.57. The van der Waals surface area contributed by atoms with Crippen molar-refractivity contribution in [1.82, 2.24) is 5.32 Å². The van der Waals surface area contributed by atoms with Gasteiger partial charge >= 0.3 is 0 Å². The van der Waals surface area contributed by atoms with E-state index in [2.05, 4.69) is 46.4 Å². The van der Waals surface area contributed by atoms with Crippen molar-refractivity contribution in [2.75, 3.05) is 0 Å². The maximum atomic E-state index is 9.96. The summed E-state index contributed by atoms with van der Waals surface area (Å²) >= 11 is 3.57. The molecule has 0 aromatic heterocycles. The number of hydrogen-bond acceptors (Lipinski definition) is 2. The Bertz CT molecular complexity index is 369. The Hall–Kier alpha value is -0.380. The largest absolute Gasteiger partial charge is 0.392 e. The molecular weight excluding hydrogens is 278 g/mol. The summed E-state index contributed by atoms with van der Waals surface area (Å²) in [6.45, 7) is 2.15.